The minimum Gasteiger partial charge on any atom is -0.455 e. The van der Waals surface area contributed by atoms with Crippen LogP contribution in [0.1, 0.15) is 37.0 Å². The molecule has 0 saturated carbocycles. The fourth-order valence-corrected chi connectivity index (χ4v) is 5.31. The zero-order valence-corrected chi connectivity index (χ0v) is 22.5. The molecule has 1 heteroatoms. The summed E-state index contributed by atoms with van der Waals surface area (Å²) in [5.74, 6) is 0. The molecule has 0 saturated heterocycles. The van der Waals surface area contributed by atoms with Crippen molar-refractivity contribution in [3.63, 3.8) is 0 Å². The second-order valence-corrected chi connectivity index (χ2v) is 9.59. The van der Waals surface area contributed by atoms with Gasteiger partial charge >= 0.3 is 0 Å². The highest BCUT2D eigenvalue weighted by molar-refractivity contribution is 6.21. The number of rotatable bonds is 4. The van der Waals surface area contributed by atoms with E-state index in [1.807, 2.05) is 0 Å². The number of para-hydroxylation sites is 2. The van der Waals surface area contributed by atoms with Crippen LogP contribution in [-0.4, -0.2) is 0 Å². The third-order valence-corrected chi connectivity index (χ3v) is 7.19. The van der Waals surface area contributed by atoms with E-state index in [4.69, 9.17) is 31.8 Å². The van der Waals surface area contributed by atoms with Crippen molar-refractivity contribution in [3.8, 4) is 44.5 Å². The highest BCUT2D eigenvalue weighted by Gasteiger charge is 2.18. The largest absolute Gasteiger partial charge is 0.455 e. The van der Waals surface area contributed by atoms with Crippen LogP contribution in [0.15, 0.2) is 174 Å². The van der Waals surface area contributed by atoms with E-state index in [1.165, 1.54) is 0 Å². The van der Waals surface area contributed by atoms with Gasteiger partial charge in [0.25, 0.3) is 0 Å². The van der Waals surface area contributed by atoms with Gasteiger partial charge in [0.05, 0.1) is 37.0 Å². The van der Waals surface area contributed by atoms with Crippen molar-refractivity contribution in [1.29, 1.82) is 0 Å². The molecule has 1 nitrogen and oxygen atoms in total. The quantitative estimate of drug-likeness (QED) is 0.183. The Balaban J connectivity index is 1.49. The summed E-state index contributed by atoms with van der Waals surface area (Å²) < 4.78 is 245. The molecule has 0 fully saturated rings. The predicted octanol–water partition coefficient (Wildman–Crippen LogP) is 12.6. The molecule has 0 amide bonds. The molecule has 0 aliphatic rings. The zero-order valence-electron chi connectivity index (χ0n) is 49.5. The van der Waals surface area contributed by atoms with E-state index in [-0.39, 0.29) is 0 Å². The van der Waals surface area contributed by atoms with Crippen LogP contribution in [0.5, 0.6) is 0 Å². The van der Waals surface area contributed by atoms with Gasteiger partial charge in [-0.1, -0.05) is 169 Å². The lowest BCUT2D eigenvalue weighted by molar-refractivity contribution is 0.671. The lowest BCUT2D eigenvalue weighted by Crippen LogP contribution is -1.90. The van der Waals surface area contributed by atoms with Gasteiger partial charge in [0.15, 0.2) is 0 Å². The van der Waals surface area contributed by atoms with Crippen LogP contribution in [0.3, 0.4) is 0 Å². The van der Waals surface area contributed by atoms with Gasteiger partial charge in [-0.15, -0.1) is 0 Å². The second kappa shape index (κ2) is 10.4. The van der Waals surface area contributed by atoms with Gasteiger partial charge in [0.2, 0.25) is 0 Å². The molecule has 45 heavy (non-hydrogen) atoms. The smallest absolute Gasteiger partial charge is 0.143 e. The minimum absolute atomic E-state index is 0.442. The highest BCUT2D eigenvalue weighted by Crippen LogP contribution is 2.44. The molecule has 0 N–H and O–H groups in total. The maximum atomic E-state index is 9.58. The van der Waals surface area contributed by atoms with E-state index in [0.29, 0.717) is 0 Å². The molecule has 0 radical (unpaired) electrons. The van der Waals surface area contributed by atoms with Crippen LogP contribution >= 0.6 is 0 Å². The fraction of sp³-hybridized carbons (Fsp3) is 0. The van der Waals surface area contributed by atoms with Gasteiger partial charge in [-0.25, -0.2) is 0 Å². The fourth-order valence-electron chi connectivity index (χ4n) is 5.31. The van der Waals surface area contributed by atoms with E-state index in [1.54, 1.807) is 0 Å². The highest BCUT2D eigenvalue weighted by atomic mass is 16.3. The Kier molecular flexibility index (Phi) is 2.38. The molecule has 9 rings (SSSR count). The molecule has 8 aromatic carbocycles. The number of furan rings is 1. The molecule has 1 aromatic heterocycles. The van der Waals surface area contributed by atoms with E-state index >= 15 is 0 Å². The van der Waals surface area contributed by atoms with Crippen LogP contribution in [-0.2, 0) is 0 Å². The molecular formula is C44H28O. The molecule has 0 unspecified atom stereocenters. The third-order valence-electron chi connectivity index (χ3n) is 7.19. The van der Waals surface area contributed by atoms with Crippen molar-refractivity contribution < 1.29 is 41.4 Å². The van der Waals surface area contributed by atoms with Crippen LogP contribution < -0.4 is 0 Å². The standard InChI is InChI=1S/C44H28O/c1-3-13-29(14-4-1)33-21-11-23-39-40-24-12-22-34(44(40)45-43(33)39)30-25-27-32(28-26-30)42-37-19-9-7-17-35(37)41(31-15-5-2-6-16-31)36-18-8-10-20-38(36)42/h1-28H/i1D,2D,3D,4D,5D,6D,7D,8D,9D,10D,11D,12D,13D,14D,15D,16D,17D,18D,19D,21D,22D,23D,24D,25D,26D,27D,28D. The predicted molar refractivity (Wildman–Crippen MR) is 190 cm³/mol. The second-order valence-electron chi connectivity index (χ2n) is 9.59. The van der Waals surface area contributed by atoms with Gasteiger partial charge in [-0.3, -0.25) is 0 Å². The van der Waals surface area contributed by atoms with Gasteiger partial charge in [-0.2, -0.15) is 0 Å². The summed E-state index contributed by atoms with van der Waals surface area (Å²) in [5, 5.41) is -3.25. The SMILES string of the molecule is [2H]c1cc2c(-c3c([2H])c([2H])c(-c4c([2H])c([2H])c([2H])c5c4oc4c(-c6c([2H])c([2H])c([2H])c([2H])c6[2H])c([2H])c([2H])c([2H])c45)c([2H])c3[2H])c3c([2H])c([2H])c([2H])c([2H])c3c(-c3c([2H])c([2H])c([2H])c([2H])c3[2H])c2c([2H])c1[2H]. The maximum absolute atomic E-state index is 9.58. The Hall–Kier alpha value is -5.92. The first-order chi connectivity index (χ1) is 33.6. The van der Waals surface area contributed by atoms with Crippen LogP contribution in [0.25, 0.3) is 88.0 Å². The van der Waals surface area contributed by atoms with E-state index in [9.17, 15) is 9.60 Å². The summed E-state index contributed by atoms with van der Waals surface area (Å²) in [6.45, 7) is 0. The summed E-state index contributed by atoms with van der Waals surface area (Å²) in [6.07, 6.45) is 0. The van der Waals surface area contributed by atoms with E-state index < -0.39 is 251 Å². The lowest BCUT2D eigenvalue weighted by atomic mass is 9.85. The lowest BCUT2D eigenvalue weighted by Gasteiger charge is -2.18. The topological polar surface area (TPSA) is 13.1 Å². The van der Waals surface area contributed by atoms with Crippen molar-refractivity contribution in [1.82, 2.24) is 0 Å². The van der Waals surface area contributed by atoms with Crippen LogP contribution in [0.4, 0.5) is 0 Å². The Morgan fingerprint density at radius 2 is 0.711 bits per heavy atom. The molecule has 0 aliphatic heterocycles. The molecule has 210 valence electrons. The van der Waals surface area contributed by atoms with Gasteiger partial charge < -0.3 is 4.42 Å². The zero-order chi connectivity index (χ0) is 53.2. The number of benzene rings is 8. The van der Waals surface area contributed by atoms with Crippen molar-refractivity contribution >= 4 is 43.5 Å². The van der Waals surface area contributed by atoms with Crippen LogP contribution in [0.2, 0.25) is 0 Å². The minimum atomic E-state index is -1.04. The van der Waals surface area contributed by atoms with Crippen molar-refractivity contribution in [3.05, 3.63) is 169 Å². The molecular weight excluding hydrogens is 544 g/mol. The Morgan fingerprint density at radius 1 is 0.311 bits per heavy atom. The monoisotopic (exact) mass is 599 g/mol. The summed E-state index contributed by atoms with van der Waals surface area (Å²) in [6, 6.07) is -23.0. The molecule has 0 atom stereocenters. The molecule has 0 aliphatic carbocycles. The Labute approximate surface area is 299 Å². The van der Waals surface area contributed by atoms with Crippen LogP contribution in [0, 0.1) is 0 Å². The van der Waals surface area contributed by atoms with Gasteiger partial charge in [-0.05, 0) is 54.9 Å². The first-order valence-corrected chi connectivity index (χ1v) is 13.2. The molecule has 9 aromatic rings. The Bertz CT molecular complexity index is 3980. The van der Waals surface area contributed by atoms with E-state index in [2.05, 4.69) is 0 Å². The summed E-state index contributed by atoms with van der Waals surface area (Å²) >= 11 is 0. The molecule has 0 bridgehead atoms. The van der Waals surface area contributed by atoms with Gasteiger partial charge in [0, 0.05) is 21.9 Å². The molecule has 0 spiro atoms. The maximum Gasteiger partial charge on any atom is 0.143 e. The summed E-state index contributed by atoms with van der Waals surface area (Å²) in [4.78, 5) is 0. The number of hydrogen-bond donors (Lipinski definition) is 0. The van der Waals surface area contributed by atoms with Crippen molar-refractivity contribution in [2.45, 2.75) is 0 Å². The summed E-state index contributed by atoms with van der Waals surface area (Å²) in [5.41, 5.74) is -6.67. The number of fused-ring (bicyclic) bond motifs is 5. The average molecular weight is 600 g/mol. The third kappa shape index (κ3) is 4.09. The Morgan fingerprint density at radius 3 is 1.31 bits per heavy atom. The summed E-state index contributed by atoms with van der Waals surface area (Å²) in [7, 11) is 0. The average Bonchev–Trinajstić information content (AvgIpc) is 3.74. The van der Waals surface area contributed by atoms with Gasteiger partial charge in [0.1, 0.15) is 11.2 Å². The normalized spacial score (nSPS) is 20.0. The van der Waals surface area contributed by atoms with E-state index in [0.717, 1.165) is 6.07 Å². The first-order valence-electron chi connectivity index (χ1n) is 26.7. The molecule has 1 heterocycles. The van der Waals surface area contributed by atoms with Crippen molar-refractivity contribution in [2.75, 3.05) is 0 Å². The first kappa shape index (κ1) is 10.3. The number of hydrogen-bond acceptors (Lipinski definition) is 1. The van der Waals surface area contributed by atoms with Crippen molar-refractivity contribution in [2.24, 2.45) is 0 Å².